The first kappa shape index (κ1) is 13.3. The first-order valence-electron chi connectivity index (χ1n) is 7.23. The Morgan fingerprint density at radius 3 is 3.20 bits per heavy atom. The smallest absolute Gasteiger partial charge is 0.108 e. The molecule has 1 atom stereocenters. The zero-order valence-corrected chi connectivity index (χ0v) is 11.9. The van der Waals surface area contributed by atoms with Crippen molar-refractivity contribution in [2.75, 3.05) is 6.54 Å². The van der Waals surface area contributed by atoms with Gasteiger partial charge < -0.3 is 15.0 Å². The van der Waals surface area contributed by atoms with Gasteiger partial charge in [0.1, 0.15) is 5.82 Å². The Morgan fingerprint density at radius 1 is 1.40 bits per heavy atom. The van der Waals surface area contributed by atoms with Crippen molar-refractivity contribution >= 4 is 0 Å². The number of nitrogens with zero attached hydrogens (tertiary/aromatic N) is 1. The van der Waals surface area contributed by atoms with Crippen molar-refractivity contribution in [2.45, 2.75) is 39.0 Å². The number of rotatable bonds is 5. The predicted octanol–water partition coefficient (Wildman–Crippen LogP) is 2.20. The summed E-state index contributed by atoms with van der Waals surface area (Å²) in [5.74, 6) is 0.983. The highest BCUT2D eigenvalue weighted by Gasteiger charge is 2.13. The van der Waals surface area contributed by atoms with Crippen LogP contribution in [0.1, 0.15) is 29.4 Å². The average molecular weight is 271 g/mol. The minimum absolute atomic E-state index is 0.165. The van der Waals surface area contributed by atoms with Crippen molar-refractivity contribution in [1.82, 2.24) is 15.3 Å². The lowest BCUT2D eigenvalue weighted by atomic mass is 9.96. The molecular weight excluding hydrogens is 250 g/mol. The van der Waals surface area contributed by atoms with Gasteiger partial charge in [-0.25, -0.2) is 4.98 Å². The van der Waals surface area contributed by atoms with Crippen LogP contribution in [0.4, 0.5) is 0 Å². The molecule has 20 heavy (non-hydrogen) atoms. The standard InChI is InChI=1S/C16H21N3O/c1-12(9-16-18-7-8-19-16)20-11-14-4-2-3-13-10-17-6-5-15(13)14/h2-4,7-8,12,17H,5-6,9-11H2,1H3,(H,18,19). The van der Waals surface area contributed by atoms with Crippen molar-refractivity contribution in [3.05, 3.63) is 53.1 Å². The van der Waals surface area contributed by atoms with Crippen LogP contribution < -0.4 is 5.32 Å². The lowest BCUT2D eigenvalue weighted by Crippen LogP contribution is -2.25. The van der Waals surface area contributed by atoms with Gasteiger partial charge in [0.15, 0.2) is 0 Å². The molecule has 4 heteroatoms. The van der Waals surface area contributed by atoms with Crippen LogP contribution in [0, 0.1) is 0 Å². The molecule has 1 aliphatic heterocycles. The number of ether oxygens (including phenoxy) is 1. The minimum atomic E-state index is 0.165. The third-order valence-corrected chi connectivity index (χ3v) is 3.80. The molecule has 4 nitrogen and oxygen atoms in total. The van der Waals surface area contributed by atoms with Gasteiger partial charge in [-0.05, 0) is 36.6 Å². The van der Waals surface area contributed by atoms with Gasteiger partial charge >= 0.3 is 0 Å². The Labute approximate surface area is 119 Å². The normalized spacial score (nSPS) is 15.8. The highest BCUT2D eigenvalue weighted by molar-refractivity contribution is 5.36. The van der Waals surface area contributed by atoms with E-state index in [1.165, 1.54) is 16.7 Å². The van der Waals surface area contributed by atoms with E-state index in [-0.39, 0.29) is 6.10 Å². The summed E-state index contributed by atoms with van der Waals surface area (Å²) >= 11 is 0. The zero-order valence-electron chi connectivity index (χ0n) is 11.9. The number of aromatic amines is 1. The molecule has 0 bridgehead atoms. The Bertz CT molecular complexity index is 551. The maximum absolute atomic E-state index is 5.99. The van der Waals surface area contributed by atoms with Crippen molar-refractivity contribution in [1.29, 1.82) is 0 Å². The topological polar surface area (TPSA) is 49.9 Å². The van der Waals surface area contributed by atoms with Gasteiger partial charge in [0.25, 0.3) is 0 Å². The third-order valence-electron chi connectivity index (χ3n) is 3.80. The fourth-order valence-corrected chi connectivity index (χ4v) is 2.72. The summed E-state index contributed by atoms with van der Waals surface area (Å²) in [5, 5.41) is 3.41. The van der Waals surface area contributed by atoms with Crippen LogP contribution in [-0.4, -0.2) is 22.6 Å². The van der Waals surface area contributed by atoms with Crippen molar-refractivity contribution in [2.24, 2.45) is 0 Å². The first-order chi connectivity index (χ1) is 9.83. The molecule has 0 amide bonds. The van der Waals surface area contributed by atoms with E-state index in [1.807, 2.05) is 6.20 Å². The second-order valence-electron chi connectivity index (χ2n) is 5.34. The lowest BCUT2D eigenvalue weighted by molar-refractivity contribution is 0.0519. The number of H-pyrrole nitrogens is 1. The van der Waals surface area contributed by atoms with Gasteiger partial charge in [-0.3, -0.25) is 0 Å². The molecule has 2 heterocycles. The average Bonchev–Trinajstić information content (AvgIpc) is 2.98. The second kappa shape index (κ2) is 6.20. The molecule has 0 saturated carbocycles. The van der Waals surface area contributed by atoms with Crippen LogP contribution in [0.5, 0.6) is 0 Å². The summed E-state index contributed by atoms with van der Waals surface area (Å²) in [5.41, 5.74) is 4.21. The van der Waals surface area contributed by atoms with Gasteiger partial charge in [-0.15, -0.1) is 0 Å². The Kier molecular flexibility index (Phi) is 4.14. The van der Waals surface area contributed by atoms with E-state index in [9.17, 15) is 0 Å². The van der Waals surface area contributed by atoms with E-state index in [0.29, 0.717) is 6.61 Å². The number of benzene rings is 1. The molecule has 1 aromatic heterocycles. The monoisotopic (exact) mass is 271 g/mol. The maximum atomic E-state index is 5.99. The molecule has 106 valence electrons. The maximum Gasteiger partial charge on any atom is 0.108 e. The zero-order chi connectivity index (χ0) is 13.8. The van der Waals surface area contributed by atoms with Crippen LogP contribution in [0.15, 0.2) is 30.6 Å². The van der Waals surface area contributed by atoms with Crippen molar-refractivity contribution < 1.29 is 4.74 Å². The molecule has 0 saturated heterocycles. The number of fused-ring (bicyclic) bond motifs is 1. The molecule has 2 aromatic rings. The quantitative estimate of drug-likeness (QED) is 0.876. The Hall–Kier alpha value is -1.65. The number of hydrogen-bond donors (Lipinski definition) is 2. The summed E-state index contributed by atoms with van der Waals surface area (Å²) in [4.78, 5) is 7.35. The fraction of sp³-hybridized carbons (Fsp3) is 0.438. The molecule has 1 aromatic carbocycles. The molecular formula is C16H21N3O. The third kappa shape index (κ3) is 3.08. The molecule has 1 unspecified atom stereocenters. The summed E-state index contributed by atoms with van der Waals surface area (Å²) in [6.07, 6.45) is 5.72. The number of hydrogen-bond acceptors (Lipinski definition) is 3. The van der Waals surface area contributed by atoms with E-state index in [2.05, 4.69) is 40.4 Å². The highest BCUT2D eigenvalue weighted by Crippen LogP contribution is 2.20. The fourth-order valence-electron chi connectivity index (χ4n) is 2.72. The molecule has 0 spiro atoms. The van der Waals surface area contributed by atoms with E-state index >= 15 is 0 Å². The lowest BCUT2D eigenvalue weighted by Gasteiger charge is -2.21. The van der Waals surface area contributed by atoms with Crippen LogP contribution in [-0.2, 0) is 30.7 Å². The van der Waals surface area contributed by atoms with Gasteiger partial charge in [0.05, 0.1) is 12.7 Å². The van der Waals surface area contributed by atoms with E-state index in [4.69, 9.17) is 4.74 Å². The van der Waals surface area contributed by atoms with Gasteiger partial charge in [0, 0.05) is 25.4 Å². The van der Waals surface area contributed by atoms with Crippen LogP contribution in [0.25, 0.3) is 0 Å². The van der Waals surface area contributed by atoms with E-state index in [1.54, 1.807) is 6.20 Å². The first-order valence-corrected chi connectivity index (χ1v) is 7.23. The van der Waals surface area contributed by atoms with Crippen LogP contribution in [0.2, 0.25) is 0 Å². The largest absolute Gasteiger partial charge is 0.373 e. The van der Waals surface area contributed by atoms with Gasteiger partial charge in [-0.1, -0.05) is 18.2 Å². The predicted molar refractivity (Wildman–Crippen MR) is 78.4 cm³/mol. The van der Waals surface area contributed by atoms with Gasteiger partial charge in [-0.2, -0.15) is 0 Å². The van der Waals surface area contributed by atoms with Gasteiger partial charge in [0.2, 0.25) is 0 Å². The minimum Gasteiger partial charge on any atom is -0.373 e. The Morgan fingerprint density at radius 2 is 2.35 bits per heavy atom. The molecule has 3 rings (SSSR count). The molecule has 2 N–H and O–H groups in total. The van der Waals surface area contributed by atoms with E-state index in [0.717, 1.165) is 31.8 Å². The second-order valence-corrected chi connectivity index (χ2v) is 5.34. The number of aromatic nitrogens is 2. The summed E-state index contributed by atoms with van der Waals surface area (Å²) < 4.78 is 5.99. The number of nitrogens with one attached hydrogen (secondary N) is 2. The SMILES string of the molecule is CC(Cc1ncc[nH]1)OCc1cccc2c1CCNC2. The molecule has 0 radical (unpaired) electrons. The number of imidazole rings is 1. The van der Waals surface area contributed by atoms with Crippen molar-refractivity contribution in [3.63, 3.8) is 0 Å². The Balaban J connectivity index is 1.61. The molecule has 0 fully saturated rings. The van der Waals surface area contributed by atoms with E-state index < -0.39 is 0 Å². The summed E-state index contributed by atoms with van der Waals surface area (Å²) in [6.45, 7) is 4.82. The van der Waals surface area contributed by atoms with Crippen molar-refractivity contribution in [3.8, 4) is 0 Å². The summed E-state index contributed by atoms with van der Waals surface area (Å²) in [6, 6.07) is 6.52. The van der Waals surface area contributed by atoms with Crippen LogP contribution >= 0.6 is 0 Å². The summed E-state index contributed by atoms with van der Waals surface area (Å²) in [7, 11) is 0. The highest BCUT2D eigenvalue weighted by atomic mass is 16.5. The van der Waals surface area contributed by atoms with Crippen LogP contribution in [0.3, 0.4) is 0 Å². The molecule has 0 aliphatic carbocycles. The molecule has 1 aliphatic rings.